The molecule has 20 heavy (non-hydrogen) atoms. The Morgan fingerprint density at radius 3 is 1.05 bits per heavy atom. The highest BCUT2D eigenvalue weighted by atomic mass is 16.4. The van der Waals surface area contributed by atoms with Crippen molar-refractivity contribution >= 4 is 11.9 Å². The smallest absolute Gasteiger partial charge is 0.307 e. The average Bonchev–Trinajstić information content (AvgIpc) is 2.42. The van der Waals surface area contributed by atoms with Gasteiger partial charge >= 0.3 is 11.9 Å². The number of carboxylic acids is 2. The summed E-state index contributed by atoms with van der Waals surface area (Å²) in [7, 11) is 0. The van der Waals surface area contributed by atoms with E-state index in [1.165, 1.54) is 0 Å². The Kier molecular flexibility index (Phi) is 6.03. The Morgan fingerprint density at radius 2 is 0.900 bits per heavy atom. The fourth-order valence-electron chi connectivity index (χ4n) is 4.70. The summed E-state index contributed by atoms with van der Waals surface area (Å²) in [4.78, 5) is 23.4. The van der Waals surface area contributed by atoms with E-state index >= 15 is 0 Å². The van der Waals surface area contributed by atoms with Crippen molar-refractivity contribution in [1.29, 1.82) is 0 Å². The van der Waals surface area contributed by atoms with Gasteiger partial charge in [0.05, 0.1) is 11.8 Å². The lowest BCUT2D eigenvalue weighted by Crippen LogP contribution is -2.51. The van der Waals surface area contributed by atoms with Crippen LogP contribution in [0.2, 0.25) is 0 Å². The van der Waals surface area contributed by atoms with Gasteiger partial charge in [-0.15, -0.1) is 0 Å². The third kappa shape index (κ3) is 2.84. The molecule has 0 aromatic carbocycles. The lowest BCUT2D eigenvalue weighted by atomic mass is 9.54. The quantitative estimate of drug-likeness (QED) is 0.782. The predicted molar refractivity (Wildman–Crippen MR) is 77.4 cm³/mol. The number of carbonyl (C=O) groups is 2. The average molecular weight is 284 g/mol. The number of aliphatic carboxylic acids is 2. The van der Waals surface area contributed by atoms with Crippen LogP contribution in [0.3, 0.4) is 0 Å². The molecule has 1 fully saturated rings. The van der Waals surface area contributed by atoms with Gasteiger partial charge < -0.3 is 10.2 Å². The molecule has 0 aromatic heterocycles. The molecule has 1 saturated carbocycles. The second-order valence-corrected chi connectivity index (χ2v) is 6.02. The molecule has 0 heterocycles. The van der Waals surface area contributed by atoms with Gasteiger partial charge in [0, 0.05) is 0 Å². The summed E-state index contributed by atoms with van der Waals surface area (Å²) in [6, 6.07) is 0. The minimum Gasteiger partial charge on any atom is -0.481 e. The van der Waals surface area contributed by atoms with E-state index in [1.54, 1.807) is 0 Å². The fraction of sp³-hybridized carbons (Fsp3) is 0.875. The fourth-order valence-corrected chi connectivity index (χ4v) is 4.70. The maximum absolute atomic E-state index is 11.7. The number of rotatable bonds is 6. The highest BCUT2D eigenvalue weighted by Crippen LogP contribution is 2.51. The highest BCUT2D eigenvalue weighted by Gasteiger charge is 2.53. The molecule has 0 bridgehead atoms. The molecule has 6 atom stereocenters. The SMILES string of the molecule is CCC1C(CC)C(CC)C(C(=O)O)C(C(=O)O)C1CC. The number of hydrogen-bond acceptors (Lipinski definition) is 2. The molecule has 6 unspecified atom stereocenters. The molecule has 4 heteroatoms. The van der Waals surface area contributed by atoms with Crippen LogP contribution in [0, 0.1) is 35.5 Å². The number of hydrogen-bond donors (Lipinski definition) is 2. The van der Waals surface area contributed by atoms with Gasteiger partial charge in [-0.25, -0.2) is 0 Å². The van der Waals surface area contributed by atoms with E-state index in [-0.39, 0.29) is 11.8 Å². The van der Waals surface area contributed by atoms with Crippen molar-refractivity contribution in [2.75, 3.05) is 0 Å². The van der Waals surface area contributed by atoms with Crippen molar-refractivity contribution in [3.05, 3.63) is 0 Å². The van der Waals surface area contributed by atoms with Gasteiger partial charge in [0.25, 0.3) is 0 Å². The third-order valence-corrected chi connectivity index (χ3v) is 5.42. The molecule has 116 valence electrons. The molecule has 0 radical (unpaired) electrons. The third-order valence-electron chi connectivity index (χ3n) is 5.42. The van der Waals surface area contributed by atoms with Crippen molar-refractivity contribution in [2.24, 2.45) is 35.5 Å². The summed E-state index contributed by atoms with van der Waals surface area (Å²) in [6.45, 7) is 8.17. The van der Waals surface area contributed by atoms with Crippen LogP contribution < -0.4 is 0 Å². The molecule has 0 aromatic rings. The lowest BCUT2D eigenvalue weighted by Gasteiger charge is -2.49. The Balaban J connectivity index is 3.31. The van der Waals surface area contributed by atoms with Gasteiger partial charge in [-0.2, -0.15) is 0 Å². The Hall–Kier alpha value is -1.06. The van der Waals surface area contributed by atoms with Gasteiger partial charge in [-0.3, -0.25) is 9.59 Å². The summed E-state index contributed by atoms with van der Waals surface area (Å²) in [5.41, 5.74) is 0. The molecular formula is C16H28O4. The monoisotopic (exact) mass is 284 g/mol. The van der Waals surface area contributed by atoms with E-state index in [9.17, 15) is 19.8 Å². The minimum absolute atomic E-state index is 0.0219. The van der Waals surface area contributed by atoms with Crippen molar-refractivity contribution in [3.63, 3.8) is 0 Å². The second kappa shape index (κ2) is 7.09. The van der Waals surface area contributed by atoms with Gasteiger partial charge in [0.15, 0.2) is 0 Å². The van der Waals surface area contributed by atoms with Crippen LogP contribution in [0.25, 0.3) is 0 Å². The maximum Gasteiger partial charge on any atom is 0.307 e. The van der Waals surface area contributed by atoms with E-state index in [2.05, 4.69) is 13.8 Å². The molecule has 1 rings (SSSR count). The first kappa shape index (κ1) is 17.0. The summed E-state index contributed by atoms with van der Waals surface area (Å²) in [6.07, 6.45) is 3.35. The van der Waals surface area contributed by atoms with E-state index in [0.29, 0.717) is 11.8 Å². The summed E-state index contributed by atoms with van der Waals surface area (Å²) in [5.74, 6) is -2.74. The van der Waals surface area contributed by atoms with Crippen molar-refractivity contribution in [3.8, 4) is 0 Å². The molecule has 2 N–H and O–H groups in total. The summed E-state index contributed by atoms with van der Waals surface area (Å²) >= 11 is 0. The predicted octanol–water partition coefficient (Wildman–Crippen LogP) is 3.51. The highest BCUT2D eigenvalue weighted by molar-refractivity contribution is 5.81. The van der Waals surface area contributed by atoms with E-state index in [1.807, 2.05) is 13.8 Å². The van der Waals surface area contributed by atoms with E-state index in [4.69, 9.17) is 0 Å². The molecular weight excluding hydrogens is 256 g/mol. The van der Waals surface area contributed by atoms with Crippen molar-refractivity contribution in [2.45, 2.75) is 53.4 Å². The number of carboxylic acid groups (broad SMARTS) is 2. The van der Waals surface area contributed by atoms with Crippen molar-refractivity contribution in [1.82, 2.24) is 0 Å². The van der Waals surface area contributed by atoms with Crippen LogP contribution in [-0.2, 0) is 9.59 Å². The van der Waals surface area contributed by atoms with Crippen LogP contribution in [0.15, 0.2) is 0 Å². The zero-order valence-corrected chi connectivity index (χ0v) is 13.0. The minimum atomic E-state index is -0.935. The van der Waals surface area contributed by atoms with Crippen LogP contribution >= 0.6 is 0 Å². The maximum atomic E-state index is 11.7. The Bertz CT molecular complexity index is 318. The van der Waals surface area contributed by atoms with Gasteiger partial charge in [0.1, 0.15) is 0 Å². The molecule has 1 aliphatic carbocycles. The molecule has 0 spiro atoms. The first-order valence-corrected chi connectivity index (χ1v) is 7.89. The first-order chi connectivity index (χ1) is 9.44. The molecule has 1 aliphatic rings. The molecule has 0 saturated heterocycles. The van der Waals surface area contributed by atoms with E-state index in [0.717, 1.165) is 25.7 Å². The zero-order chi connectivity index (χ0) is 15.4. The largest absolute Gasteiger partial charge is 0.481 e. The van der Waals surface area contributed by atoms with Crippen LogP contribution in [0.5, 0.6) is 0 Å². The van der Waals surface area contributed by atoms with E-state index < -0.39 is 23.8 Å². The second-order valence-electron chi connectivity index (χ2n) is 6.02. The van der Waals surface area contributed by atoms with Crippen LogP contribution in [-0.4, -0.2) is 22.2 Å². The zero-order valence-electron chi connectivity index (χ0n) is 13.0. The van der Waals surface area contributed by atoms with Gasteiger partial charge in [-0.1, -0.05) is 53.4 Å². The Labute approximate surface area is 121 Å². The summed E-state index contributed by atoms with van der Waals surface area (Å²) in [5, 5.41) is 19.2. The van der Waals surface area contributed by atoms with Gasteiger partial charge in [-0.05, 0) is 23.7 Å². The first-order valence-electron chi connectivity index (χ1n) is 7.89. The standard InChI is InChI=1S/C16H28O4/c1-5-9-10(6-2)12(8-4)14(16(19)20)13(15(17)18)11(9)7-3/h9-14H,5-8H2,1-4H3,(H,17,18)(H,19,20). The summed E-state index contributed by atoms with van der Waals surface area (Å²) < 4.78 is 0. The van der Waals surface area contributed by atoms with Gasteiger partial charge in [0.2, 0.25) is 0 Å². The topological polar surface area (TPSA) is 74.6 Å². The lowest BCUT2D eigenvalue weighted by molar-refractivity contribution is -0.168. The van der Waals surface area contributed by atoms with Crippen LogP contribution in [0.4, 0.5) is 0 Å². The van der Waals surface area contributed by atoms with Crippen molar-refractivity contribution < 1.29 is 19.8 Å². The Morgan fingerprint density at radius 1 is 0.650 bits per heavy atom. The molecule has 0 amide bonds. The normalized spacial score (nSPS) is 37.6. The molecule has 4 nitrogen and oxygen atoms in total. The van der Waals surface area contributed by atoms with Crippen LogP contribution in [0.1, 0.15) is 53.4 Å². The molecule has 0 aliphatic heterocycles.